The molecule has 1 aromatic rings. The molecule has 0 unspecified atom stereocenters. The van der Waals surface area contributed by atoms with Crippen molar-refractivity contribution in [3.05, 3.63) is 11.3 Å². The van der Waals surface area contributed by atoms with Gasteiger partial charge in [0, 0.05) is 31.7 Å². The highest BCUT2D eigenvalue weighted by molar-refractivity contribution is 5.44. The molecule has 0 atom stereocenters. The van der Waals surface area contributed by atoms with Crippen molar-refractivity contribution in [1.82, 2.24) is 14.7 Å². The van der Waals surface area contributed by atoms with E-state index in [2.05, 4.69) is 10.00 Å². The van der Waals surface area contributed by atoms with Crippen LogP contribution in [0.25, 0.3) is 0 Å². The zero-order valence-corrected chi connectivity index (χ0v) is 9.95. The summed E-state index contributed by atoms with van der Waals surface area (Å²) in [6.45, 7) is 2.06. The van der Waals surface area contributed by atoms with E-state index in [1.165, 1.54) is 43.4 Å². The molecule has 16 heavy (non-hydrogen) atoms. The van der Waals surface area contributed by atoms with Gasteiger partial charge in [-0.3, -0.25) is 9.58 Å². The van der Waals surface area contributed by atoms with Gasteiger partial charge in [0.1, 0.15) is 5.82 Å². The predicted octanol–water partition coefficient (Wildman–Crippen LogP) is 1.65. The van der Waals surface area contributed by atoms with Crippen molar-refractivity contribution in [2.45, 2.75) is 51.2 Å². The van der Waals surface area contributed by atoms with Gasteiger partial charge in [-0.25, -0.2) is 0 Å². The maximum Gasteiger partial charge on any atom is 0.150 e. The summed E-state index contributed by atoms with van der Waals surface area (Å²) in [5.74, 6) is 0.732. The van der Waals surface area contributed by atoms with Crippen LogP contribution in [0.2, 0.25) is 0 Å². The molecule has 1 aliphatic carbocycles. The monoisotopic (exact) mass is 220 g/mol. The Morgan fingerprint density at radius 1 is 1.19 bits per heavy atom. The quantitative estimate of drug-likeness (QED) is 0.783. The van der Waals surface area contributed by atoms with Crippen molar-refractivity contribution < 1.29 is 0 Å². The molecule has 0 amide bonds. The van der Waals surface area contributed by atoms with E-state index in [9.17, 15) is 0 Å². The maximum absolute atomic E-state index is 5.93. The molecule has 0 saturated heterocycles. The van der Waals surface area contributed by atoms with Gasteiger partial charge in [0.2, 0.25) is 0 Å². The van der Waals surface area contributed by atoms with Crippen molar-refractivity contribution in [1.29, 1.82) is 0 Å². The van der Waals surface area contributed by atoms with E-state index in [0.717, 1.165) is 24.9 Å². The van der Waals surface area contributed by atoms with Gasteiger partial charge in [-0.2, -0.15) is 5.10 Å². The Balaban J connectivity index is 1.77. The van der Waals surface area contributed by atoms with Crippen LogP contribution in [0.4, 0.5) is 5.82 Å². The number of hydrogen-bond acceptors (Lipinski definition) is 3. The van der Waals surface area contributed by atoms with Crippen LogP contribution in [-0.4, -0.2) is 20.7 Å². The summed E-state index contributed by atoms with van der Waals surface area (Å²) in [4.78, 5) is 2.59. The third kappa shape index (κ3) is 1.52. The molecule has 0 bridgehead atoms. The SMILES string of the molecule is Cn1nc(N)c2c1CN(C1CCCCC1)C2. The predicted molar refractivity (Wildman–Crippen MR) is 63.7 cm³/mol. The summed E-state index contributed by atoms with van der Waals surface area (Å²) < 4.78 is 1.95. The molecular weight excluding hydrogens is 200 g/mol. The molecule has 0 radical (unpaired) electrons. The lowest BCUT2D eigenvalue weighted by Gasteiger charge is -2.30. The van der Waals surface area contributed by atoms with Crippen LogP contribution in [-0.2, 0) is 20.1 Å². The topological polar surface area (TPSA) is 47.1 Å². The molecule has 1 aromatic heterocycles. The van der Waals surface area contributed by atoms with E-state index in [4.69, 9.17) is 5.73 Å². The van der Waals surface area contributed by atoms with Crippen molar-refractivity contribution >= 4 is 5.82 Å². The molecule has 2 heterocycles. The van der Waals surface area contributed by atoms with E-state index >= 15 is 0 Å². The fraction of sp³-hybridized carbons (Fsp3) is 0.750. The second-order valence-electron chi connectivity index (χ2n) is 5.13. The summed E-state index contributed by atoms with van der Waals surface area (Å²) in [6.07, 6.45) is 6.93. The molecule has 2 aliphatic rings. The summed E-state index contributed by atoms with van der Waals surface area (Å²) in [7, 11) is 2.00. The number of fused-ring (bicyclic) bond motifs is 1. The Hall–Kier alpha value is -1.03. The minimum absolute atomic E-state index is 0.732. The summed E-state index contributed by atoms with van der Waals surface area (Å²) in [6, 6.07) is 0.778. The molecule has 3 rings (SSSR count). The average Bonchev–Trinajstić information content (AvgIpc) is 2.83. The molecule has 2 N–H and O–H groups in total. The molecule has 4 nitrogen and oxygen atoms in total. The number of nitrogen functional groups attached to an aromatic ring is 1. The normalized spacial score (nSPS) is 22.6. The van der Waals surface area contributed by atoms with E-state index in [1.807, 2.05) is 11.7 Å². The molecule has 0 aromatic carbocycles. The minimum atomic E-state index is 0.732. The number of hydrogen-bond donors (Lipinski definition) is 1. The third-order valence-corrected chi connectivity index (χ3v) is 4.11. The molecule has 88 valence electrons. The lowest BCUT2D eigenvalue weighted by Crippen LogP contribution is -2.32. The molecule has 0 spiro atoms. The molecule has 4 heteroatoms. The highest BCUT2D eigenvalue weighted by Gasteiger charge is 2.30. The Morgan fingerprint density at radius 2 is 1.94 bits per heavy atom. The smallest absolute Gasteiger partial charge is 0.150 e. The first-order valence-electron chi connectivity index (χ1n) is 6.30. The van der Waals surface area contributed by atoms with Gasteiger partial charge in [-0.1, -0.05) is 19.3 Å². The highest BCUT2D eigenvalue weighted by Crippen LogP contribution is 2.32. The van der Waals surface area contributed by atoms with Gasteiger partial charge in [-0.15, -0.1) is 0 Å². The van der Waals surface area contributed by atoms with Crippen LogP contribution in [0.5, 0.6) is 0 Å². The zero-order valence-electron chi connectivity index (χ0n) is 9.95. The number of rotatable bonds is 1. The molecule has 1 fully saturated rings. The van der Waals surface area contributed by atoms with Crippen LogP contribution in [0.1, 0.15) is 43.4 Å². The number of nitrogens with zero attached hydrogens (tertiary/aromatic N) is 3. The summed E-state index contributed by atoms with van der Waals surface area (Å²) in [5, 5.41) is 4.28. The van der Waals surface area contributed by atoms with Crippen molar-refractivity contribution in [3.63, 3.8) is 0 Å². The zero-order chi connectivity index (χ0) is 11.1. The van der Waals surface area contributed by atoms with E-state index in [0.29, 0.717) is 0 Å². The minimum Gasteiger partial charge on any atom is -0.382 e. The van der Waals surface area contributed by atoms with Crippen LogP contribution in [0.3, 0.4) is 0 Å². The Morgan fingerprint density at radius 3 is 2.62 bits per heavy atom. The number of nitrogens with two attached hydrogens (primary N) is 1. The van der Waals surface area contributed by atoms with Crippen molar-refractivity contribution in [3.8, 4) is 0 Å². The third-order valence-electron chi connectivity index (χ3n) is 4.11. The van der Waals surface area contributed by atoms with E-state index in [-0.39, 0.29) is 0 Å². The first kappa shape index (κ1) is 10.1. The summed E-state index contributed by atoms with van der Waals surface area (Å²) >= 11 is 0. The lowest BCUT2D eigenvalue weighted by molar-refractivity contribution is 0.154. The molecular formula is C12H20N4. The van der Waals surface area contributed by atoms with Crippen molar-refractivity contribution in [2.75, 3.05) is 5.73 Å². The van der Waals surface area contributed by atoms with Crippen molar-refractivity contribution in [2.24, 2.45) is 7.05 Å². The van der Waals surface area contributed by atoms with Crippen LogP contribution in [0, 0.1) is 0 Å². The van der Waals surface area contributed by atoms with Gasteiger partial charge in [0.05, 0.1) is 5.69 Å². The second kappa shape index (κ2) is 3.77. The van der Waals surface area contributed by atoms with Crippen LogP contribution in [0.15, 0.2) is 0 Å². The maximum atomic E-state index is 5.93. The Bertz CT molecular complexity index is 363. The lowest BCUT2D eigenvalue weighted by atomic mass is 9.94. The largest absolute Gasteiger partial charge is 0.382 e. The highest BCUT2D eigenvalue weighted by atomic mass is 15.3. The average molecular weight is 220 g/mol. The molecule has 1 aliphatic heterocycles. The Kier molecular flexibility index (Phi) is 2.39. The van der Waals surface area contributed by atoms with Crippen LogP contribution < -0.4 is 5.73 Å². The molecule has 1 saturated carbocycles. The van der Waals surface area contributed by atoms with Gasteiger partial charge in [0.15, 0.2) is 0 Å². The first-order chi connectivity index (χ1) is 7.75. The van der Waals surface area contributed by atoms with Crippen LogP contribution >= 0.6 is 0 Å². The van der Waals surface area contributed by atoms with Gasteiger partial charge >= 0.3 is 0 Å². The first-order valence-corrected chi connectivity index (χ1v) is 6.30. The fourth-order valence-corrected chi connectivity index (χ4v) is 3.15. The van der Waals surface area contributed by atoms with Gasteiger partial charge in [-0.05, 0) is 12.8 Å². The summed E-state index contributed by atoms with van der Waals surface area (Å²) in [5.41, 5.74) is 8.52. The van der Waals surface area contributed by atoms with E-state index in [1.54, 1.807) is 0 Å². The van der Waals surface area contributed by atoms with Gasteiger partial charge in [0.25, 0.3) is 0 Å². The van der Waals surface area contributed by atoms with Gasteiger partial charge < -0.3 is 5.73 Å². The number of aromatic nitrogens is 2. The second-order valence-corrected chi connectivity index (χ2v) is 5.13. The number of aryl methyl sites for hydroxylation is 1. The van der Waals surface area contributed by atoms with E-state index < -0.39 is 0 Å². The Labute approximate surface area is 96.4 Å². The standard InChI is InChI=1S/C12H20N4/c1-15-11-8-16(7-10(11)12(13)14-15)9-5-3-2-4-6-9/h9H,2-8H2,1H3,(H2,13,14). The number of anilines is 1. The fourth-order valence-electron chi connectivity index (χ4n) is 3.15.